The molecule has 2 aromatic rings. The van der Waals surface area contributed by atoms with Crippen LogP contribution in [0.15, 0.2) is 34.1 Å². The van der Waals surface area contributed by atoms with Gasteiger partial charge in [-0.05, 0) is 39.7 Å². The van der Waals surface area contributed by atoms with Gasteiger partial charge in [-0.15, -0.1) is 11.3 Å². The summed E-state index contributed by atoms with van der Waals surface area (Å²) in [6.07, 6.45) is 0.332. The minimum atomic E-state index is -0.656. The molecule has 5 heteroatoms. The molecule has 0 saturated carbocycles. The third-order valence-corrected chi connectivity index (χ3v) is 4.01. The highest BCUT2D eigenvalue weighted by Crippen LogP contribution is 2.20. The van der Waals surface area contributed by atoms with Crippen LogP contribution in [0.3, 0.4) is 0 Å². The quantitative estimate of drug-likeness (QED) is 0.823. The Kier molecular flexibility index (Phi) is 4.24. The van der Waals surface area contributed by atoms with Gasteiger partial charge in [-0.2, -0.15) is 0 Å². The summed E-state index contributed by atoms with van der Waals surface area (Å²) in [7, 11) is 0. The molecule has 0 unspecified atom stereocenters. The lowest BCUT2D eigenvalue weighted by Crippen LogP contribution is -2.06. The molecule has 1 aromatic carbocycles. The van der Waals surface area contributed by atoms with Crippen LogP contribution in [0.25, 0.3) is 0 Å². The van der Waals surface area contributed by atoms with Crippen molar-refractivity contribution < 1.29 is 13.6 Å². The first kappa shape index (κ1) is 13.4. The Labute approximate surface area is 116 Å². The predicted octanol–water partition coefficient (Wildman–Crippen LogP) is 4.14. The van der Waals surface area contributed by atoms with E-state index in [9.17, 15) is 13.6 Å². The van der Waals surface area contributed by atoms with Gasteiger partial charge in [0.25, 0.3) is 0 Å². The molecule has 0 spiro atoms. The second-order valence-electron chi connectivity index (χ2n) is 3.90. The minimum Gasteiger partial charge on any atom is -0.299 e. The zero-order valence-electron chi connectivity index (χ0n) is 9.25. The SMILES string of the molecule is O=C(Cc1cc(F)cc(F)c1)Cc1cc(Br)cs1. The highest BCUT2D eigenvalue weighted by Gasteiger charge is 2.09. The van der Waals surface area contributed by atoms with Crippen molar-refractivity contribution in [2.75, 3.05) is 0 Å². The van der Waals surface area contributed by atoms with Gasteiger partial charge in [-0.25, -0.2) is 8.78 Å². The van der Waals surface area contributed by atoms with E-state index in [1.165, 1.54) is 23.5 Å². The first-order chi connectivity index (χ1) is 8.52. The summed E-state index contributed by atoms with van der Waals surface area (Å²) in [5, 5.41) is 1.89. The normalized spacial score (nSPS) is 10.6. The Bertz CT molecular complexity index is 560. The first-order valence-electron chi connectivity index (χ1n) is 5.22. The molecule has 1 aromatic heterocycles. The van der Waals surface area contributed by atoms with Crippen LogP contribution in [0.1, 0.15) is 10.4 Å². The molecule has 0 fully saturated rings. The van der Waals surface area contributed by atoms with E-state index in [1.54, 1.807) is 0 Å². The number of ketones is 1. The smallest absolute Gasteiger partial charge is 0.142 e. The topological polar surface area (TPSA) is 17.1 Å². The number of Topliss-reactive ketones (excluding diaryl/α,β-unsaturated/α-hetero) is 1. The van der Waals surface area contributed by atoms with Crippen LogP contribution in [-0.4, -0.2) is 5.78 Å². The lowest BCUT2D eigenvalue weighted by atomic mass is 10.1. The molecule has 0 saturated heterocycles. The molecule has 0 amide bonds. The first-order valence-corrected chi connectivity index (χ1v) is 6.90. The highest BCUT2D eigenvalue weighted by molar-refractivity contribution is 9.10. The van der Waals surface area contributed by atoms with Gasteiger partial charge in [0.05, 0.1) is 0 Å². The highest BCUT2D eigenvalue weighted by atomic mass is 79.9. The Hall–Kier alpha value is -1.07. The number of halogens is 3. The Morgan fingerprint density at radius 2 is 1.78 bits per heavy atom. The Morgan fingerprint density at radius 3 is 2.33 bits per heavy atom. The van der Waals surface area contributed by atoms with E-state index in [4.69, 9.17) is 0 Å². The average Bonchev–Trinajstić information content (AvgIpc) is 2.61. The van der Waals surface area contributed by atoms with Crippen LogP contribution in [0.5, 0.6) is 0 Å². The van der Waals surface area contributed by atoms with E-state index < -0.39 is 11.6 Å². The fourth-order valence-corrected chi connectivity index (χ4v) is 3.12. The van der Waals surface area contributed by atoms with Crippen LogP contribution in [0, 0.1) is 11.6 Å². The molecule has 0 radical (unpaired) electrons. The molecule has 0 aliphatic rings. The number of rotatable bonds is 4. The van der Waals surface area contributed by atoms with Gasteiger partial charge in [0.15, 0.2) is 0 Å². The van der Waals surface area contributed by atoms with Gasteiger partial charge in [0, 0.05) is 33.6 Å². The van der Waals surface area contributed by atoms with E-state index >= 15 is 0 Å². The maximum atomic E-state index is 13.0. The molecular formula is C13H9BrF2OS. The maximum Gasteiger partial charge on any atom is 0.142 e. The predicted molar refractivity (Wildman–Crippen MR) is 70.8 cm³/mol. The lowest BCUT2D eigenvalue weighted by Gasteiger charge is -2.01. The van der Waals surface area contributed by atoms with Crippen molar-refractivity contribution in [3.63, 3.8) is 0 Å². The molecule has 1 heterocycles. The van der Waals surface area contributed by atoms with Crippen LogP contribution < -0.4 is 0 Å². The van der Waals surface area contributed by atoms with Crippen LogP contribution in [0.4, 0.5) is 8.78 Å². The monoisotopic (exact) mass is 330 g/mol. The summed E-state index contributed by atoms with van der Waals surface area (Å²) in [6.45, 7) is 0. The summed E-state index contributed by atoms with van der Waals surface area (Å²) < 4.78 is 26.8. The second-order valence-corrected chi connectivity index (χ2v) is 5.81. The van der Waals surface area contributed by atoms with Crippen molar-refractivity contribution >= 4 is 33.0 Å². The van der Waals surface area contributed by atoms with Crippen molar-refractivity contribution in [1.29, 1.82) is 0 Å². The van der Waals surface area contributed by atoms with Gasteiger partial charge < -0.3 is 0 Å². The Morgan fingerprint density at radius 1 is 1.11 bits per heavy atom. The molecule has 1 nitrogen and oxygen atoms in total. The molecule has 2 rings (SSSR count). The average molecular weight is 331 g/mol. The number of thiophene rings is 1. The lowest BCUT2D eigenvalue weighted by molar-refractivity contribution is -0.117. The van der Waals surface area contributed by atoms with Crippen molar-refractivity contribution in [2.45, 2.75) is 12.8 Å². The number of carbonyl (C=O) groups is 1. The number of hydrogen-bond donors (Lipinski definition) is 0. The van der Waals surface area contributed by atoms with Crippen LogP contribution in [-0.2, 0) is 17.6 Å². The molecule has 18 heavy (non-hydrogen) atoms. The van der Waals surface area contributed by atoms with E-state index in [0.29, 0.717) is 5.56 Å². The summed E-state index contributed by atoms with van der Waals surface area (Å²) >= 11 is 4.79. The van der Waals surface area contributed by atoms with Crippen molar-refractivity contribution in [1.82, 2.24) is 0 Å². The van der Waals surface area contributed by atoms with Crippen LogP contribution >= 0.6 is 27.3 Å². The summed E-state index contributed by atoms with van der Waals surface area (Å²) in [4.78, 5) is 12.7. The largest absolute Gasteiger partial charge is 0.299 e. The van der Waals surface area contributed by atoms with Gasteiger partial charge in [-0.1, -0.05) is 0 Å². The summed E-state index contributed by atoms with van der Waals surface area (Å²) in [5.74, 6) is -1.37. The fourth-order valence-electron chi connectivity index (χ4n) is 1.64. The molecule has 0 bridgehead atoms. The van der Waals surface area contributed by atoms with Gasteiger partial charge in [0.1, 0.15) is 17.4 Å². The van der Waals surface area contributed by atoms with E-state index in [0.717, 1.165) is 15.4 Å². The summed E-state index contributed by atoms with van der Waals surface area (Å²) in [6, 6.07) is 5.04. The molecule has 0 N–H and O–H groups in total. The number of carbonyl (C=O) groups excluding carboxylic acids is 1. The van der Waals surface area contributed by atoms with Gasteiger partial charge in [-0.3, -0.25) is 4.79 Å². The zero-order chi connectivity index (χ0) is 13.1. The van der Waals surface area contributed by atoms with Crippen molar-refractivity contribution in [2.24, 2.45) is 0 Å². The van der Waals surface area contributed by atoms with Gasteiger partial charge in [0.2, 0.25) is 0 Å². The molecule has 94 valence electrons. The third-order valence-electron chi connectivity index (χ3n) is 2.32. The molecule has 0 atom stereocenters. The minimum absolute atomic E-state index is 0.0458. The van der Waals surface area contributed by atoms with E-state index in [2.05, 4.69) is 15.9 Å². The zero-order valence-corrected chi connectivity index (χ0v) is 11.7. The van der Waals surface area contributed by atoms with Crippen LogP contribution in [0.2, 0.25) is 0 Å². The van der Waals surface area contributed by atoms with Crippen molar-refractivity contribution in [3.8, 4) is 0 Å². The second kappa shape index (κ2) is 5.71. The molecule has 0 aliphatic carbocycles. The Balaban J connectivity index is 2.02. The molecular weight excluding hydrogens is 322 g/mol. The third kappa shape index (κ3) is 3.71. The van der Waals surface area contributed by atoms with Crippen molar-refractivity contribution in [3.05, 3.63) is 56.2 Å². The number of hydrogen-bond acceptors (Lipinski definition) is 2. The maximum absolute atomic E-state index is 13.0. The molecule has 0 aliphatic heterocycles. The summed E-state index contributed by atoms with van der Waals surface area (Å²) in [5.41, 5.74) is 0.369. The van der Waals surface area contributed by atoms with E-state index in [-0.39, 0.29) is 18.6 Å². The number of benzene rings is 1. The van der Waals surface area contributed by atoms with Gasteiger partial charge >= 0.3 is 0 Å². The van der Waals surface area contributed by atoms with E-state index in [1.807, 2.05) is 11.4 Å². The standard InChI is InChI=1S/C13H9BrF2OS/c14-9-4-13(18-7-9)6-12(17)3-8-1-10(15)5-11(16)2-8/h1-2,4-5,7H,3,6H2. The fraction of sp³-hybridized carbons (Fsp3) is 0.154.